The van der Waals surface area contributed by atoms with Crippen LogP contribution in [0.15, 0.2) is 75.8 Å². The number of H-pyrrole nitrogens is 1. The van der Waals surface area contributed by atoms with E-state index in [9.17, 15) is 18.8 Å². The third-order valence-electron chi connectivity index (χ3n) is 8.21. The van der Waals surface area contributed by atoms with Crippen molar-refractivity contribution < 1.29 is 9.18 Å². The second kappa shape index (κ2) is 13.8. The Morgan fingerprint density at radius 2 is 1.80 bits per heavy atom. The molecule has 0 radical (unpaired) electrons. The van der Waals surface area contributed by atoms with Gasteiger partial charge in [0.1, 0.15) is 12.4 Å². The van der Waals surface area contributed by atoms with E-state index in [2.05, 4.69) is 19.9 Å². The molecule has 2 fully saturated rings. The van der Waals surface area contributed by atoms with Crippen LogP contribution in [-0.4, -0.2) is 56.5 Å². The first-order valence-corrected chi connectivity index (χ1v) is 16.5. The number of rotatable bonds is 10. The lowest BCUT2D eigenvalue weighted by Gasteiger charge is -2.36. The summed E-state index contributed by atoms with van der Waals surface area (Å²) in [5.74, 6) is 0.169. The Hall–Kier alpha value is -3.67. The Kier molecular flexibility index (Phi) is 9.58. The van der Waals surface area contributed by atoms with Crippen molar-refractivity contribution in [1.29, 1.82) is 0 Å². The summed E-state index contributed by atoms with van der Waals surface area (Å²) in [5.41, 5.74) is 2.15. The molecule has 13 heteroatoms. The molecule has 4 aromatic rings. The molecular weight excluding hydrogens is 638 g/mol. The Morgan fingerprint density at radius 1 is 1.04 bits per heavy atom. The van der Waals surface area contributed by atoms with Gasteiger partial charge in [-0.25, -0.2) is 14.2 Å². The van der Waals surface area contributed by atoms with Crippen molar-refractivity contribution in [3.63, 3.8) is 0 Å². The normalized spacial score (nSPS) is 15.7. The molecule has 6 rings (SSSR count). The SMILES string of the molecule is O=C(Cn1cc(C(CC2CC2)c2cnc(=O)[nH]c2)c(=O)nc1SCc1ccc(F)cc1)N1CCN(c2ccc(Cl)c(Cl)c2)CC1. The van der Waals surface area contributed by atoms with Crippen LogP contribution in [0.25, 0.3) is 0 Å². The average molecular weight is 670 g/mol. The van der Waals surface area contributed by atoms with Gasteiger partial charge in [-0.1, -0.05) is 59.9 Å². The smallest absolute Gasteiger partial charge is 0.344 e. The number of halogens is 3. The number of aromatic amines is 1. The fraction of sp³-hybridized carbons (Fsp3) is 0.344. The first-order chi connectivity index (χ1) is 21.7. The predicted molar refractivity (Wildman–Crippen MR) is 174 cm³/mol. The lowest BCUT2D eigenvalue weighted by atomic mass is 9.90. The van der Waals surface area contributed by atoms with Gasteiger partial charge in [0.25, 0.3) is 5.56 Å². The van der Waals surface area contributed by atoms with E-state index >= 15 is 0 Å². The molecule has 1 aliphatic carbocycles. The van der Waals surface area contributed by atoms with Crippen LogP contribution >= 0.6 is 35.0 Å². The van der Waals surface area contributed by atoms with E-state index in [1.165, 1.54) is 30.1 Å². The first-order valence-electron chi connectivity index (χ1n) is 14.7. The minimum Gasteiger partial charge on any atom is -0.368 e. The standard InChI is InChI=1S/C32H31Cl2FN6O3S/c33-27-8-7-24(14-28(27)34)39-9-11-40(12-10-39)29(42)18-41-17-26(25(13-20-1-2-20)22-15-36-31(44)37-16-22)30(43)38-32(41)45-19-21-3-5-23(35)6-4-21/h3-8,14-17,20,25H,1-2,9-13,18-19H2,(H,36,37,44). The number of anilines is 1. The highest BCUT2D eigenvalue weighted by Crippen LogP contribution is 2.40. The second-order valence-corrected chi connectivity index (χ2v) is 13.1. The number of nitrogens with one attached hydrogen (secondary N) is 1. The topological polar surface area (TPSA) is 104 Å². The van der Waals surface area contributed by atoms with Crippen molar-refractivity contribution in [2.24, 2.45) is 5.92 Å². The molecule has 2 aromatic heterocycles. The van der Waals surface area contributed by atoms with Crippen LogP contribution in [0.5, 0.6) is 0 Å². The summed E-state index contributed by atoms with van der Waals surface area (Å²) in [6, 6.07) is 11.7. The third-order valence-corrected chi connectivity index (χ3v) is 10.0. The summed E-state index contributed by atoms with van der Waals surface area (Å²) in [6.07, 6.45) is 7.72. The Morgan fingerprint density at radius 3 is 2.47 bits per heavy atom. The largest absolute Gasteiger partial charge is 0.368 e. The number of aromatic nitrogens is 4. The number of thioether (sulfide) groups is 1. The molecule has 2 aromatic carbocycles. The summed E-state index contributed by atoms with van der Waals surface area (Å²) in [4.78, 5) is 53.8. The maximum atomic E-state index is 13.7. The van der Waals surface area contributed by atoms with E-state index in [-0.39, 0.29) is 29.7 Å². The lowest BCUT2D eigenvalue weighted by Crippen LogP contribution is -2.49. The summed E-state index contributed by atoms with van der Waals surface area (Å²) < 4.78 is 15.2. The summed E-state index contributed by atoms with van der Waals surface area (Å²) >= 11 is 13.6. The number of amides is 1. The van der Waals surface area contributed by atoms with Crippen LogP contribution in [0.4, 0.5) is 10.1 Å². The summed E-state index contributed by atoms with van der Waals surface area (Å²) in [5, 5.41) is 1.38. The van der Waals surface area contributed by atoms with Crippen LogP contribution < -0.4 is 16.1 Å². The van der Waals surface area contributed by atoms with Crippen LogP contribution in [0, 0.1) is 11.7 Å². The van der Waals surface area contributed by atoms with Crippen molar-refractivity contribution in [1.82, 2.24) is 24.4 Å². The molecule has 1 aliphatic heterocycles. The van der Waals surface area contributed by atoms with Gasteiger partial charge in [-0.2, -0.15) is 4.98 Å². The van der Waals surface area contributed by atoms with E-state index in [0.29, 0.717) is 58.6 Å². The highest BCUT2D eigenvalue weighted by Gasteiger charge is 2.30. The zero-order valence-corrected chi connectivity index (χ0v) is 26.6. The molecule has 1 amide bonds. The van der Waals surface area contributed by atoms with Gasteiger partial charge in [0, 0.05) is 67.7 Å². The highest BCUT2D eigenvalue weighted by atomic mass is 35.5. The molecular formula is C32H31Cl2FN6O3S. The Balaban J connectivity index is 1.25. The molecule has 0 spiro atoms. The third kappa shape index (κ3) is 7.77. The minimum absolute atomic E-state index is 0.00117. The van der Waals surface area contributed by atoms with Gasteiger partial charge in [-0.15, -0.1) is 0 Å². The van der Waals surface area contributed by atoms with Crippen molar-refractivity contribution in [3.8, 4) is 0 Å². The number of piperazine rings is 1. The summed E-state index contributed by atoms with van der Waals surface area (Å²) in [7, 11) is 0. The fourth-order valence-corrected chi connectivity index (χ4v) is 6.72. The molecule has 3 heterocycles. The molecule has 1 saturated carbocycles. The van der Waals surface area contributed by atoms with Crippen LogP contribution in [0.1, 0.15) is 41.9 Å². The Bertz CT molecular complexity index is 1790. The van der Waals surface area contributed by atoms with Crippen molar-refractivity contribution in [2.45, 2.75) is 42.6 Å². The molecule has 2 aliphatic rings. The maximum Gasteiger partial charge on any atom is 0.344 e. The van der Waals surface area contributed by atoms with Crippen LogP contribution in [0.2, 0.25) is 10.0 Å². The first kappa shape index (κ1) is 31.3. The van der Waals surface area contributed by atoms with Crippen LogP contribution in [0.3, 0.4) is 0 Å². The monoisotopic (exact) mass is 668 g/mol. The van der Waals surface area contributed by atoms with Crippen molar-refractivity contribution in [2.75, 3.05) is 31.1 Å². The van der Waals surface area contributed by atoms with Gasteiger partial charge in [0.05, 0.1) is 10.0 Å². The average Bonchev–Trinajstić information content (AvgIpc) is 3.87. The summed E-state index contributed by atoms with van der Waals surface area (Å²) in [6.45, 7) is 2.30. The molecule has 1 N–H and O–H groups in total. The number of nitrogens with zero attached hydrogens (tertiary/aromatic N) is 5. The van der Waals surface area contributed by atoms with Gasteiger partial charge < -0.3 is 19.4 Å². The fourth-order valence-electron chi connectivity index (χ4n) is 5.50. The minimum atomic E-state index is -0.461. The lowest BCUT2D eigenvalue weighted by molar-refractivity contribution is -0.132. The van der Waals surface area contributed by atoms with Gasteiger partial charge in [-0.3, -0.25) is 9.59 Å². The van der Waals surface area contributed by atoms with Crippen molar-refractivity contribution in [3.05, 3.63) is 114 Å². The zero-order chi connectivity index (χ0) is 31.5. The number of hydrogen-bond donors (Lipinski definition) is 1. The molecule has 9 nitrogen and oxygen atoms in total. The van der Waals surface area contributed by atoms with E-state index < -0.39 is 5.69 Å². The van der Waals surface area contributed by atoms with Gasteiger partial charge in [0.2, 0.25) is 5.91 Å². The number of benzene rings is 2. The molecule has 1 atom stereocenters. The maximum absolute atomic E-state index is 13.7. The van der Waals surface area contributed by atoms with Crippen LogP contribution in [-0.2, 0) is 17.1 Å². The second-order valence-electron chi connectivity index (χ2n) is 11.4. The molecule has 1 unspecified atom stereocenters. The molecule has 1 saturated heterocycles. The predicted octanol–water partition coefficient (Wildman–Crippen LogP) is 5.35. The van der Waals surface area contributed by atoms with Crippen molar-refractivity contribution >= 4 is 46.6 Å². The highest BCUT2D eigenvalue weighted by molar-refractivity contribution is 7.98. The van der Waals surface area contributed by atoms with Gasteiger partial charge >= 0.3 is 5.69 Å². The van der Waals surface area contributed by atoms with E-state index in [1.807, 2.05) is 17.0 Å². The van der Waals surface area contributed by atoms with Gasteiger partial charge in [0.15, 0.2) is 5.16 Å². The number of carbonyl (C=O) groups excluding carboxylic acids is 1. The van der Waals surface area contributed by atoms with E-state index in [0.717, 1.165) is 36.1 Å². The number of carbonyl (C=O) groups is 1. The molecule has 0 bridgehead atoms. The molecule has 234 valence electrons. The Labute approximate surface area is 273 Å². The molecule has 45 heavy (non-hydrogen) atoms. The number of hydrogen-bond acceptors (Lipinski definition) is 7. The van der Waals surface area contributed by atoms with E-state index in [1.54, 1.807) is 35.2 Å². The van der Waals surface area contributed by atoms with Gasteiger partial charge in [-0.05, 0) is 53.8 Å². The zero-order valence-electron chi connectivity index (χ0n) is 24.3. The quantitative estimate of drug-likeness (QED) is 0.180. The van der Waals surface area contributed by atoms with E-state index in [4.69, 9.17) is 23.2 Å².